The van der Waals surface area contributed by atoms with Crippen molar-refractivity contribution in [1.82, 2.24) is 0 Å². The summed E-state index contributed by atoms with van der Waals surface area (Å²) in [6.07, 6.45) is 8.53. The molecule has 0 aromatic heterocycles. The van der Waals surface area contributed by atoms with Crippen LogP contribution in [0.15, 0.2) is 12.7 Å². The average Bonchev–Trinajstić information content (AvgIpc) is 1.96. The van der Waals surface area contributed by atoms with Crippen molar-refractivity contribution in [2.75, 3.05) is 0 Å². The highest BCUT2D eigenvalue weighted by Gasteiger charge is 1.96. The maximum absolute atomic E-state index is 5.94. The largest absolute Gasteiger partial charge is 0.172 e. The summed E-state index contributed by atoms with van der Waals surface area (Å²) < 4.78 is 0. The van der Waals surface area contributed by atoms with E-state index in [1.807, 2.05) is 6.08 Å². The number of unbranched alkanes of at least 4 members (excludes halogenated alkanes) is 4. The summed E-state index contributed by atoms with van der Waals surface area (Å²) in [5.74, 6) is 0. The predicted molar refractivity (Wildman–Crippen MR) is 57.0 cm³/mol. The summed E-state index contributed by atoms with van der Waals surface area (Å²) in [5.41, 5.74) is 0. The van der Waals surface area contributed by atoms with Crippen LogP contribution in [0.2, 0.25) is 12.6 Å². The molecule has 1 unspecified atom stereocenters. The molecule has 0 aromatic carbocycles. The van der Waals surface area contributed by atoms with E-state index in [9.17, 15) is 0 Å². The van der Waals surface area contributed by atoms with Gasteiger partial charge in [0.2, 0.25) is 0 Å². The topological polar surface area (TPSA) is 0 Å². The van der Waals surface area contributed by atoms with E-state index >= 15 is 0 Å². The summed E-state index contributed by atoms with van der Waals surface area (Å²) in [4.78, 5) is 0. The van der Waals surface area contributed by atoms with Crippen molar-refractivity contribution in [3.05, 3.63) is 12.7 Å². The van der Waals surface area contributed by atoms with Gasteiger partial charge in [0.15, 0.2) is 0 Å². The van der Waals surface area contributed by atoms with Crippen LogP contribution < -0.4 is 0 Å². The zero-order valence-corrected chi connectivity index (χ0v) is 9.39. The molecule has 0 aliphatic heterocycles. The molecule has 0 N–H and O–H groups in total. The first-order valence-corrected chi connectivity index (χ1v) is 8.24. The van der Waals surface area contributed by atoms with Crippen molar-refractivity contribution < 1.29 is 0 Å². The van der Waals surface area contributed by atoms with Gasteiger partial charge in [-0.15, -0.1) is 6.58 Å². The van der Waals surface area contributed by atoms with Crippen LogP contribution in [-0.2, 0) is 0 Å². The average molecular weight is 191 g/mol. The molecule has 0 nitrogen and oxygen atoms in total. The fraction of sp³-hybridized carbons (Fsp3) is 0.778. The normalized spacial score (nSPS) is 12.9. The second-order valence-corrected chi connectivity index (χ2v) is 7.44. The van der Waals surface area contributed by atoms with E-state index < -0.39 is 8.11 Å². The maximum Gasteiger partial charge on any atom is 0.138 e. The van der Waals surface area contributed by atoms with Crippen LogP contribution in [0.25, 0.3) is 0 Å². The van der Waals surface area contributed by atoms with E-state index in [1.165, 1.54) is 38.1 Å². The Morgan fingerprint density at radius 3 is 2.45 bits per heavy atom. The Labute approximate surface area is 77.0 Å². The van der Waals surface area contributed by atoms with Crippen LogP contribution in [0.5, 0.6) is 0 Å². The molecular weight excluding hydrogens is 172 g/mol. The lowest BCUT2D eigenvalue weighted by Gasteiger charge is -2.00. The molecule has 0 fully saturated rings. The van der Waals surface area contributed by atoms with Crippen LogP contribution in [0, 0.1) is 0 Å². The Bertz CT molecular complexity index is 91.6. The van der Waals surface area contributed by atoms with Gasteiger partial charge in [-0.1, -0.05) is 31.9 Å². The minimum Gasteiger partial charge on any atom is -0.172 e. The Hall–Kier alpha value is 0.247. The molecule has 2 heteroatoms. The summed E-state index contributed by atoms with van der Waals surface area (Å²) in [7, 11) is -0.777. The van der Waals surface area contributed by atoms with Gasteiger partial charge in [0.25, 0.3) is 0 Å². The lowest BCUT2D eigenvalue weighted by molar-refractivity contribution is 0.673. The molecule has 11 heavy (non-hydrogen) atoms. The first kappa shape index (κ1) is 11.2. The minimum atomic E-state index is -0.777. The van der Waals surface area contributed by atoms with Gasteiger partial charge in [-0.2, -0.15) is 11.1 Å². The molecule has 0 aliphatic rings. The SMILES string of the molecule is C=CCCCCCC[SiH](C)Cl. The van der Waals surface area contributed by atoms with E-state index in [2.05, 4.69) is 13.1 Å². The lowest BCUT2D eigenvalue weighted by Crippen LogP contribution is -1.94. The van der Waals surface area contributed by atoms with E-state index in [4.69, 9.17) is 11.1 Å². The van der Waals surface area contributed by atoms with Gasteiger partial charge in [0.1, 0.15) is 8.11 Å². The molecule has 0 rings (SSSR count). The van der Waals surface area contributed by atoms with Crippen LogP contribution in [0.4, 0.5) is 0 Å². The third-order valence-corrected chi connectivity index (χ3v) is 3.62. The van der Waals surface area contributed by atoms with E-state index in [-0.39, 0.29) is 0 Å². The summed E-state index contributed by atoms with van der Waals surface area (Å²) in [6.45, 7) is 5.89. The molecule has 0 amide bonds. The molecule has 0 aromatic rings. The fourth-order valence-electron chi connectivity index (χ4n) is 1.07. The molecule has 0 spiro atoms. The van der Waals surface area contributed by atoms with Gasteiger partial charge in [-0.3, -0.25) is 0 Å². The molecule has 0 saturated heterocycles. The third-order valence-electron chi connectivity index (χ3n) is 1.76. The van der Waals surface area contributed by atoms with Crippen molar-refractivity contribution in [3.63, 3.8) is 0 Å². The number of hydrogen-bond donors (Lipinski definition) is 0. The Kier molecular flexibility index (Phi) is 8.53. The van der Waals surface area contributed by atoms with Crippen molar-refractivity contribution in [2.24, 2.45) is 0 Å². The van der Waals surface area contributed by atoms with Gasteiger partial charge in [0, 0.05) is 0 Å². The standard InChI is InChI=1S/C9H19ClSi/c1-3-4-5-6-7-8-9-11(2)10/h3,11H,1,4-9H2,2H3. The number of rotatable bonds is 7. The van der Waals surface area contributed by atoms with Gasteiger partial charge in [-0.05, 0) is 18.9 Å². The van der Waals surface area contributed by atoms with Crippen molar-refractivity contribution >= 4 is 19.2 Å². The molecule has 1 atom stereocenters. The first-order chi connectivity index (χ1) is 5.27. The highest BCUT2D eigenvalue weighted by molar-refractivity contribution is 7.06. The van der Waals surface area contributed by atoms with Crippen LogP contribution in [0.1, 0.15) is 32.1 Å². The van der Waals surface area contributed by atoms with E-state index in [0.717, 1.165) is 0 Å². The van der Waals surface area contributed by atoms with Crippen LogP contribution in [0.3, 0.4) is 0 Å². The fourth-order valence-corrected chi connectivity index (χ4v) is 2.38. The number of hydrogen-bond acceptors (Lipinski definition) is 0. The zero-order chi connectivity index (χ0) is 8.53. The first-order valence-electron chi connectivity index (χ1n) is 4.52. The number of halogens is 1. The molecule has 0 aliphatic carbocycles. The minimum absolute atomic E-state index is 0.777. The second-order valence-electron chi connectivity index (χ2n) is 3.06. The lowest BCUT2D eigenvalue weighted by atomic mass is 10.1. The molecule has 0 bridgehead atoms. The Morgan fingerprint density at radius 2 is 1.91 bits per heavy atom. The summed E-state index contributed by atoms with van der Waals surface area (Å²) >= 11 is 5.94. The van der Waals surface area contributed by atoms with Crippen molar-refractivity contribution in [2.45, 2.75) is 44.7 Å². The van der Waals surface area contributed by atoms with Crippen molar-refractivity contribution in [3.8, 4) is 0 Å². The second kappa shape index (κ2) is 8.34. The summed E-state index contributed by atoms with van der Waals surface area (Å²) in [6, 6.07) is 1.30. The third kappa shape index (κ3) is 10.2. The highest BCUT2D eigenvalue weighted by Crippen LogP contribution is 2.09. The van der Waals surface area contributed by atoms with Gasteiger partial charge < -0.3 is 0 Å². The van der Waals surface area contributed by atoms with Gasteiger partial charge in [0.05, 0.1) is 0 Å². The van der Waals surface area contributed by atoms with Crippen LogP contribution >= 0.6 is 11.1 Å². The van der Waals surface area contributed by atoms with Crippen LogP contribution in [-0.4, -0.2) is 8.11 Å². The molecule has 66 valence electrons. The predicted octanol–water partition coefficient (Wildman–Crippen LogP) is 3.72. The summed E-state index contributed by atoms with van der Waals surface area (Å²) in [5, 5.41) is 0. The van der Waals surface area contributed by atoms with Gasteiger partial charge >= 0.3 is 0 Å². The van der Waals surface area contributed by atoms with E-state index in [1.54, 1.807) is 0 Å². The van der Waals surface area contributed by atoms with E-state index in [0.29, 0.717) is 0 Å². The highest BCUT2D eigenvalue weighted by atomic mass is 35.6. The monoisotopic (exact) mass is 190 g/mol. The molecule has 0 heterocycles. The quantitative estimate of drug-likeness (QED) is 0.249. The molecular formula is C9H19ClSi. The number of allylic oxidation sites excluding steroid dienone is 1. The Morgan fingerprint density at radius 1 is 1.27 bits per heavy atom. The molecule has 0 radical (unpaired) electrons. The van der Waals surface area contributed by atoms with Crippen molar-refractivity contribution in [1.29, 1.82) is 0 Å². The van der Waals surface area contributed by atoms with Gasteiger partial charge in [-0.25, -0.2) is 0 Å². The maximum atomic E-state index is 5.94. The zero-order valence-electron chi connectivity index (χ0n) is 7.48. The molecule has 0 saturated carbocycles. The smallest absolute Gasteiger partial charge is 0.138 e. The Balaban J connectivity index is 2.85.